The topological polar surface area (TPSA) is 60.4 Å². The Kier molecular flexibility index (Phi) is 8.86. The Morgan fingerprint density at radius 1 is 0.929 bits per heavy atom. The lowest BCUT2D eigenvalue weighted by Gasteiger charge is -2.36. The first kappa shape index (κ1) is 21.4. The van der Waals surface area contributed by atoms with Crippen LogP contribution in [0, 0.1) is 0 Å². The lowest BCUT2D eigenvalue weighted by atomic mass is 10.1. The predicted molar refractivity (Wildman–Crippen MR) is 113 cm³/mol. The van der Waals surface area contributed by atoms with E-state index in [4.69, 9.17) is 4.74 Å². The molecule has 3 fully saturated rings. The number of aliphatic imine (C=N–C) groups is 1. The third-order valence-electron chi connectivity index (χ3n) is 6.24. The zero-order valence-corrected chi connectivity index (χ0v) is 17.7. The van der Waals surface area contributed by atoms with Crippen molar-refractivity contribution in [2.24, 2.45) is 4.99 Å². The van der Waals surface area contributed by atoms with E-state index in [0.717, 1.165) is 71.2 Å². The van der Waals surface area contributed by atoms with E-state index in [1.54, 1.807) is 0 Å². The van der Waals surface area contributed by atoms with Crippen LogP contribution in [0.3, 0.4) is 0 Å². The molecule has 1 aliphatic carbocycles. The first-order valence-electron chi connectivity index (χ1n) is 11.3. The number of ether oxygens (including phenoxy) is 1. The molecule has 2 aliphatic heterocycles. The van der Waals surface area contributed by atoms with Crippen LogP contribution in [0.2, 0.25) is 0 Å². The molecule has 0 bridgehead atoms. The van der Waals surface area contributed by atoms with E-state index in [1.165, 1.54) is 38.5 Å². The Morgan fingerprint density at radius 2 is 1.61 bits per heavy atom. The number of amides is 1. The van der Waals surface area contributed by atoms with E-state index >= 15 is 0 Å². The van der Waals surface area contributed by atoms with Crippen LogP contribution < -0.4 is 5.32 Å². The summed E-state index contributed by atoms with van der Waals surface area (Å²) in [4.78, 5) is 23.4. The summed E-state index contributed by atoms with van der Waals surface area (Å²) in [6.45, 7) is 7.65. The highest BCUT2D eigenvalue weighted by Crippen LogP contribution is 2.19. The molecule has 0 radical (unpaired) electrons. The molecule has 2 saturated heterocycles. The Morgan fingerprint density at radius 3 is 2.25 bits per heavy atom. The molecule has 160 valence electrons. The Bertz CT molecular complexity index is 491. The predicted octanol–water partition coefficient (Wildman–Crippen LogP) is 1.54. The number of guanidine groups is 1. The van der Waals surface area contributed by atoms with Gasteiger partial charge in [0.05, 0.1) is 19.3 Å². The van der Waals surface area contributed by atoms with Crippen molar-refractivity contribution in [1.82, 2.24) is 20.0 Å². The molecule has 7 heteroatoms. The molecule has 0 unspecified atom stereocenters. The van der Waals surface area contributed by atoms with Crippen LogP contribution >= 0.6 is 0 Å². The highest BCUT2D eigenvalue weighted by Gasteiger charge is 2.24. The average Bonchev–Trinajstić information content (AvgIpc) is 3.14. The van der Waals surface area contributed by atoms with Crippen LogP contribution in [0.4, 0.5) is 0 Å². The van der Waals surface area contributed by atoms with Crippen molar-refractivity contribution in [2.45, 2.75) is 57.5 Å². The van der Waals surface area contributed by atoms with Gasteiger partial charge >= 0.3 is 0 Å². The molecule has 0 aromatic carbocycles. The summed E-state index contributed by atoms with van der Waals surface area (Å²) in [6.07, 6.45) is 10.5. The maximum atomic E-state index is 12.3. The van der Waals surface area contributed by atoms with Crippen molar-refractivity contribution >= 4 is 11.9 Å². The van der Waals surface area contributed by atoms with Gasteiger partial charge in [-0.2, -0.15) is 0 Å². The second-order valence-corrected chi connectivity index (χ2v) is 8.31. The number of carbonyl (C=O) groups is 1. The maximum absolute atomic E-state index is 12.3. The van der Waals surface area contributed by atoms with Crippen molar-refractivity contribution < 1.29 is 9.53 Å². The van der Waals surface area contributed by atoms with Crippen molar-refractivity contribution in [3.63, 3.8) is 0 Å². The quantitative estimate of drug-likeness (QED) is 0.321. The largest absolute Gasteiger partial charge is 0.376 e. The fraction of sp³-hybridized carbons (Fsp3) is 0.905. The second kappa shape index (κ2) is 11.6. The summed E-state index contributed by atoms with van der Waals surface area (Å²) in [7, 11) is 1.85. The molecule has 3 rings (SSSR count). The van der Waals surface area contributed by atoms with E-state index in [0.29, 0.717) is 18.6 Å². The third-order valence-corrected chi connectivity index (χ3v) is 6.24. The Balaban J connectivity index is 1.31. The molecule has 1 amide bonds. The van der Waals surface area contributed by atoms with Crippen molar-refractivity contribution in [1.29, 1.82) is 0 Å². The maximum Gasteiger partial charge on any atom is 0.236 e. The number of piperazine rings is 1. The summed E-state index contributed by atoms with van der Waals surface area (Å²) in [5.74, 6) is 1.25. The summed E-state index contributed by atoms with van der Waals surface area (Å²) in [5.41, 5.74) is 0. The van der Waals surface area contributed by atoms with Gasteiger partial charge in [-0.05, 0) is 25.7 Å². The number of rotatable bonds is 6. The molecule has 0 spiro atoms. The molecule has 0 aromatic rings. The average molecular weight is 394 g/mol. The molecule has 0 atom stereocenters. The van der Waals surface area contributed by atoms with E-state index in [2.05, 4.69) is 20.1 Å². The molecule has 3 aliphatic rings. The van der Waals surface area contributed by atoms with Crippen molar-refractivity contribution in [3.8, 4) is 0 Å². The zero-order chi connectivity index (χ0) is 19.6. The number of nitrogens with zero attached hydrogens (tertiary/aromatic N) is 4. The van der Waals surface area contributed by atoms with Crippen LogP contribution in [0.15, 0.2) is 4.99 Å². The molecule has 2 heterocycles. The van der Waals surface area contributed by atoms with Gasteiger partial charge in [0.2, 0.25) is 5.91 Å². The molecule has 1 saturated carbocycles. The van der Waals surface area contributed by atoms with Gasteiger partial charge in [-0.1, -0.05) is 25.7 Å². The molecule has 0 aromatic heterocycles. The third kappa shape index (κ3) is 6.62. The summed E-state index contributed by atoms with van der Waals surface area (Å²) in [6, 6.07) is 0. The van der Waals surface area contributed by atoms with E-state index in [1.807, 2.05) is 11.9 Å². The number of hydrogen-bond acceptors (Lipinski definition) is 4. The molecular weight excluding hydrogens is 354 g/mol. The van der Waals surface area contributed by atoms with Gasteiger partial charge in [-0.25, -0.2) is 0 Å². The van der Waals surface area contributed by atoms with Crippen LogP contribution in [-0.2, 0) is 9.53 Å². The van der Waals surface area contributed by atoms with Gasteiger partial charge in [0.1, 0.15) is 0 Å². The number of hydrogen-bond donors (Lipinski definition) is 1. The van der Waals surface area contributed by atoms with Crippen LogP contribution in [0.1, 0.15) is 51.4 Å². The summed E-state index contributed by atoms with van der Waals surface area (Å²) in [5, 5.41) is 3.45. The Hall–Kier alpha value is -1.34. The number of nitrogens with one attached hydrogen (secondary N) is 1. The molecule has 1 N–H and O–H groups in total. The zero-order valence-electron chi connectivity index (χ0n) is 17.7. The van der Waals surface area contributed by atoms with Gasteiger partial charge in [-0.15, -0.1) is 0 Å². The highest BCUT2D eigenvalue weighted by atomic mass is 16.5. The second-order valence-electron chi connectivity index (χ2n) is 8.31. The van der Waals surface area contributed by atoms with E-state index in [-0.39, 0.29) is 0 Å². The van der Waals surface area contributed by atoms with Crippen LogP contribution in [-0.4, -0.2) is 98.7 Å². The Labute approximate surface area is 170 Å². The normalized spacial score (nSPS) is 23.1. The van der Waals surface area contributed by atoms with Gasteiger partial charge in [0, 0.05) is 52.9 Å². The molecule has 7 nitrogen and oxygen atoms in total. The van der Waals surface area contributed by atoms with Gasteiger partial charge in [0.25, 0.3) is 0 Å². The lowest BCUT2D eigenvalue weighted by molar-refractivity contribution is -0.131. The fourth-order valence-electron chi connectivity index (χ4n) is 4.50. The minimum Gasteiger partial charge on any atom is -0.376 e. The molecular formula is C21H39N5O2. The monoisotopic (exact) mass is 393 g/mol. The van der Waals surface area contributed by atoms with Crippen LogP contribution in [0.25, 0.3) is 0 Å². The SMILES string of the molecule is CN=C(NCCOC1CCCCCC1)N1CCN(CC(=O)N2CCCC2)CC1. The first-order chi connectivity index (χ1) is 13.8. The van der Waals surface area contributed by atoms with Crippen molar-refractivity contribution in [2.75, 3.05) is 66.0 Å². The minimum atomic E-state index is 0.295. The minimum absolute atomic E-state index is 0.295. The van der Waals surface area contributed by atoms with Gasteiger partial charge in [0.15, 0.2) is 5.96 Å². The first-order valence-corrected chi connectivity index (χ1v) is 11.3. The van der Waals surface area contributed by atoms with Gasteiger partial charge in [-0.3, -0.25) is 14.7 Å². The van der Waals surface area contributed by atoms with Crippen LogP contribution in [0.5, 0.6) is 0 Å². The fourth-order valence-corrected chi connectivity index (χ4v) is 4.50. The highest BCUT2D eigenvalue weighted by molar-refractivity contribution is 5.80. The standard InChI is InChI=1S/C21H39N5O2/c1-22-21(23-10-17-28-19-8-4-2-3-5-9-19)26-15-13-24(14-16-26)18-20(27)25-11-6-7-12-25/h19H,2-18H2,1H3,(H,22,23). The van der Waals surface area contributed by atoms with E-state index < -0.39 is 0 Å². The number of carbonyl (C=O) groups excluding carboxylic acids is 1. The summed E-state index contributed by atoms with van der Waals surface area (Å²) < 4.78 is 6.07. The van der Waals surface area contributed by atoms with E-state index in [9.17, 15) is 4.79 Å². The smallest absolute Gasteiger partial charge is 0.236 e. The molecule has 28 heavy (non-hydrogen) atoms. The van der Waals surface area contributed by atoms with Gasteiger partial charge < -0.3 is 19.9 Å². The lowest BCUT2D eigenvalue weighted by Crippen LogP contribution is -2.54. The van der Waals surface area contributed by atoms with Crippen molar-refractivity contribution in [3.05, 3.63) is 0 Å². The summed E-state index contributed by atoms with van der Waals surface area (Å²) >= 11 is 0. The number of likely N-dealkylation sites (tertiary alicyclic amines) is 1.